The Morgan fingerprint density at radius 2 is 2.12 bits per heavy atom. The van der Waals surface area contributed by atoms with Crippen molar-refractivity contribution in [3.05, 3.63) is 33.6 Å². The second-order valence-corrected chi connectivity index (χ2v) is 8.00. The summed E-state index contributed by atoms with van der Waals surface area (Å²) in [7, 11) is 1.67. The molecule has 0 spiro atoms. The van der Waals surface area contributed by atoms with Crippen molar-refractivity contribution < 1.29 is 4.79 Å². The van der Waals surface area contributed by atoms with E-state index in [9.17, 15) is 9.59 Å². The number of fused-ring (bicyclic) bond motifs is 1. The second kappa shape index (κ2) is 8.56. The lowest BCUT2D eigenvalue weighted by atomic mass is 10.2. The van der Waals surface area contributed by atoms with E-state index < -0.39 is 5.25 Å². The molecule has 0 unspecified atom stereocenters. The van der Waals surface area contributed by atoms with Gasteiger partial charge in [0.1, 0.15) is 0 Å². The minimum Gasteiger partial charge on any atom is -0.344 e. The number of nitriles is 1. The Hall–Kier alpha value is -2.04. The fraction of sp³-hybridized carbons (Fsp3) is 0.444. The minimum absolute atomic E-state index is 0.101. The van der Waals surface area contributed by atoms with Crippen LogP contribution in [-0.2, 0) is 4.79 Å². The second-order valence-electron chi connectivity index (χ2n) is 6.25. The van der Waals surface area contributed by atoms with Gasteiger partial charge in [-0.1, -0.05) is 23.4 Å². The quantitative estimate of drug-likeness (QED) is 0.555. The molecule has 2 aromatic rings. The lowest BCUT2D eigenvalue weighted by Gasteiger charge is -2.22. The number of amides is 1. The van der Waals surface area contributed by atoms with Gasteiger partial charge in [-0.05, 0) is 39.0 Å². The van der Waals surface area contributed by atoms with Crippen molar-refractivity contribution in [2.75, 3.05) is 13.6 Å². The molecule has 1 atom stereocenters. The zero-order chi connectivity index (χ0) is 19.4. The van der Waals surface area contributed by atoms with Crippen LogP contribution in [0.4, 0.5) is 0 Å². The standard InChI is InChI=1S/C18H21ClN4O2S/c1-11(2)23-17(25)14-7-6-13(19)10-15(14)21-18(23)26-12(3)16(24)22(4)9-5-8-20/h6-7,10-12H,5,9H2,1-4H3/t12-/m1/s1. The largest absolute Gasteiger partial charge is 0.344 e. The van der Waals surface area contributed by atoms with Gasteiger partial charge in [-0.3, -0.25) is 14.2 Å². The van der Waals surface area contributed by atoms with Gasteiger partial charge < -0.3 is 4.90 Å². The first kappa shape index (κ1) is 20.3. The van der Waals surface area contributed by atoms with Gasteiger partial charge in [0.15, 0.2) is 5.16 Å². The van der Waals surface area contributed by atoms with Gasteiger partial charge in [-0.25, -0.2) is 4.98 Å². The molecule has 0 aliphatic heterocycles. The van der Waals surface area contributed by atoms with Gasteiger partial charge in [-0.2, -0.15) is 5.26 Å². The molecule has 0 saturated heterocycles. The molecular formula is C18H21ClN4O2S. The number of carbonyl (C=O) groups is 1. The van der Waals surface area contributed by atoms with E-state index in [4.69, 9.17) is 16.9 Å². The molecule has 0 radical (unpaired) electrons. The maximum absolute atomic E-state index is 12.9. The Bertz CT molecular complexity index is 920. The lowest BCUT2D eigenvalue weighted by molar-refractivity contribution is -0.128. The molecule has 0 N–H and O–H groups in total. The summed E-state index contributed by atoms with van der Waals surface area (Å²) in [4.78, 5) is 31.5. The zero-order valence-corrected chi connectivity index (χ0v) is 16.8. The Morgan fingerprint density at radius 1 is 1.42 bits per heavy atom. The number of aromatic nitrogens is 2. The average molecular weight is 393 g/mol. The average Bonchev–Trinajstić information content (AvgIpc) is 2.58. The summed E-state index contributed by atoms with van der Waals surface area (Å²) in [5.41, 5.74) is 0.362. The van der Waals surface area contributed by atoms with E-state index in [0.717, 1.165) is 0 Å². The van der Waals surface area contributed by atoms with Crippen LogP contribution in [-0.4, -0.2) is 39.2 Å². The molecule has 1 amide bonds. The van der Waals surface area contributed by atoms with E-state index in [2.05, 4.69) is 4.98 Å². The Balaban J connectivity index is 2.42. The van der Waals surface area contributed by atoms with Crippen molar-refractivity contribution in [1.82, 2.24) is 14.5 Å². The topological polar surface area (TPSA) is 79.0 Å². The van der Waals surface area contributed by atoms with Crippen molar-refractivity contribution in [1.29, 1.82) is 5.26 Å². The summed E-state index contributed by atoms with van der Waals surface area (Å²) in [6, 6.07) is 6.92. The molecule has 26 heavy (non-hydrogen) atoms. The van der Waals surface area contributed by atoms with Crippen LogP contribution in [0, 0.1) is 11.3 Å². The third-order valence-electron chi connectivity index (χ3n) is 3.91. The Kier molecular flexibility index (Phi) is 6.68. The van der Waals surface area contributed by atoms with E-state index in [-0.39, 0.29) is 23.9 Å². The first-order valence-electron chi connectivity index (χ1n) is 8.26. The molecule has 6 nitrogen and oxygen atoms in total. The van der Waals surface area contributed by atoms with Gasteiger partial charge in [0, 0.05) is 24.7 Å². The third kappa shape index (κ3) is 4.37. The molecule has 2 rings (SSSR count). The molecule has 0 bridgehead atoms. The number of hydrogen-bond acceptors (Lipinski definition) is 5. The fourth-order valence-corrected chi connectivity index (χ4v) is 3.86. The fourth-order valence-electron chi connectivity index (χ4n) is 2.54. The zero-order valence-electron chi connectivity index (χ0n) is 15.2. The van der Waals surface area contributed by atoms with Crippen LogP contribution in [0.5, 0.6) is 0 Å². The van der Waals surface area contributed by atoms with Crippen molar-refractivity contribution >= 4 is 40.2 Å². The number of nitrogens with zero attached hydrogens (tertiary/aromatic N) is 4. The van der Waals surface area contributed by atoms with Crippen molar-refractivity contribution in [3.63, 3.8) is 0 Å². The molecule has 1 heterocycles. The van der Waals surface area contributed by atoms with Crippen LogP contribution in [0.1, 0.15) is 33.2 Å². The third-order valence-corrected chi connectivity index (χ3v) is 5.20. The highest BCUT2D eigenvalue weighted by molar-refractivity contribution is 8.00. The Labute approximate surface area is 161 Å². The van der Waals surface area contributed by atoms with E-state index in [1.54, 1.807) is 36.7 Å². The summed E-state index contributed by atoms with van der Waals surface area (Å²) < 4.78 is 1.60. The maximum Gasteiger partial charge on any atom is 0.262 e. The smallest absolute Gasteiger partial charge is 0.262 e. The highest BCUT2D eigenvalue weighted by atomic mass is 35.5. The van der Waals surface area contributed by atoms with Crippen molar-refractivity contribution in [3.8, 4) is 6.07 Å². The number of carbonyl (C=O) groups excluding carboxylic acids is 1. The van der Waals surface area contributed by atoms with E-state index in [0.29, 0.717) is 27.6 Å². The SMILES string of the molecule is CC(C)n1c(S[C@H](C)C(=O)N(C)CCC#N)nc2cc(Cl)ccc2c1=O. The lowest BCUT2D eigenvalue weighted by Crippen LogP contribution is -2.34. The molecule has 1 aromatic carbocycles. The summed E-state index contributed by atoms with van der Waals surface area (Å²) in [5, 5.41) is 9.71. The summed E-state index contributed by atoms with van der Waals surface area (Å²) in [5.74, 6) is -0.110. The molecule has 0 fully saturated rings. The number of rotatable bonds is 6. The highest BCUT2D eigenvalue weighted by Gasteiger charge is 2.22. The maximum atomic E-state index is 12.9. The molecule has 1 aromatic heterocycles. The first-order chi connectivity index (χ1) is 12.3. The minimum atomic E-state index is -0.438. The predicted molar refractivity (Wildman–Crippen MR) is 105 cm³/mol. The van der Waals surface area contributed by atoms with Crippen LogP contribution >= 0.6 is 23.4 Å². The van der Waals surface area contributed by atoms with E-state index >= 15 is 0 Å². The van der Waals surface area contributed by atoms with E-state index in [1.165, 1.54) is 16.7 Å². The number of hydrogen-bond donors (Lipinski definition) is 0. The number of thioether (sulfide) groups is 1. The van der Waals surface area contributed by atoms with Crippen LogP contribution in [0.2, 0.25) is 5.02 Å². The first-order valence-corrected chi connectivity index (χ1v) is 9.52. The molecule has 0 saturated carbocycles. The predicted octanol–water partition coefficient (Wildman–Crippen LogP) is 3.48. The van der Waals surface area contributed by atoms with Gasteiger partial charge in [0.05, 0.1) is 28.6 Å². The van der Waals surface area contributed by atoms with Crippen LogP contribution < -0.4 is 5.56 Å². The highest BCUT2D eigenvalue weighted by Crippen LogP contribution is 2.26. The van der Waals surface area contributed by atoms with Crippen LogP contribution in [0.25, 0.3) is 10.9 Å². The molecule has 8 heteroatoms. The van der Waals surface area contributed by atoms with Gasteiger partial charge in [-0.15, -0.1) is 0 Å². The number of halogens is 1. The van der Waals surface area contributed by atoms with Crippen molar-refractivity contribution in [2.24, 2.45) is 0 Å². The van der Waals surface area contributed by atoms with Crippen LogP contribution in [0.3, 0.4) is 0 Å². The van der Waals surface area contributed by atoms with E-state index in [1.807, 2.05) is 19.9 Å². The van der Waals surface area contributed by atoms with Crippen LogP contribution in [0.15, 0.2) is 28.2 Å². The molecular weight excluding hydrogens is 372 g/mol. The Morgan fingerprint density at radius 3 is 2.73 bits per heavy atom. The van der Waals surface area contributed by atoms with Crippen molar-refractivity contribution in [2.45, 2.75) is 43.6 Å². The molecule has 138 valence electrons. The number of benzene rings is 1. The summed E-state index contributed by atoms with van der Waals surface area (Å²) >= 11 is 7.27. The van der Waals surface area contributed by atoms with Gasteiger partial charge >= 0.3 is 0 Å². The normalized spacial score (nSPS) is 12.2. The van der Waals surface area contributed by atoms with Gasteiger partial charge in [0.2, 0.25) is 5.91 Å². The summed E-state index contributed by atoms with van der Waals surface area (Å²) in [6.45, 7) is 5.95. The monoisotopic (exact) mass is 392 g/mol. The summed E-state index contributed by atoms with van der Waals surface area (Å²) in [6.07, 6.45) is 0.281. The molecule has 0 aliphatic carbocycles. The van der Waals surface area contributed by atoms with Gasteiger partial charge in [0.25, 0.3) is 5.56 Å². The molecule has 0 aliphatic rings.